The summed E-state index contributed by atoms with van der Waals surface area (Å²) in [5.41, 5.74) is 0.405. The summed E-state index contributed by atoms with van der Waals surface area (Å²) in [6.07, 6.45) is 6.77. The summed E-state index contributed by atoms with van der Waals surface area (Å²) >= 11 is 1.52. The molecule has 0 spiro atoms. The minimum Gasteiger partial charge on any atom is -0.478 e. The molecule has 0 amide bonds. The van der Waals surface area contributed by atoms with Crippen LogP contribution in [0, 0.1) is 5.92 Å². The first-order valence-corrected chi connectivity index (χ1v) is 7.59. The molecule has 4 heteroatoms. The molecule has 1 saturated carbocycles. The fourth-order valence-corrected chi connectivity index (χ4v) is 3.46. The minimum absolute atomic E-state index is 0.405. The van der Waals surface area contributed by atoms with E-state index < -0.39 is 5.97 Å². The predicted molar refractivity (Wildman–Crippen MR) is 74.2 cm³/mol. The Kier molecular flexibility index (Phi) is 4.78. The van der Waals surface area contributed by atoms with Crippen molar-refractivity contribution < 1.29 is 9.90 Å². The Bertz CT molecular complexity index is 396. The van der Waals surface area contributed by atoms with E-state index in [4.69, 9.17) is 5.11 Å². The lowest BCUT2D eigenvalue weighted by Gasteiger charge is -2.28. The van der Waals surface area contributed by atoms with Crippen LogP contribution in [0.2, 0.25) is 0 Å². The number of carboxylic acids is 1. The molecule has 100 valence electrons. The Labute approximate surface area is 112 Å². The highest BCUT2D eigenvalue weighted by Crippen LogP contribution is 2.26. The second-order valence-electron chi connectivity index (χ2n) is 5.17. The fraction of sp³-hybridized carbons (Fsp3) is 0.643. The van der Waals surface area contributed by atoms with Crippen LogP contribution in [0.25, 0.3) is 0 Å². The molecule has 0 aromatic carbocycles. The summed E-state index contributed by atoms with van der Waals surface area (Å²) in [5.74, 6) is -0.0458. The van der Waals surface area contributed by atoms with Crippen molar-refractivity contribution in [2.45, 2.75) is 51.6 Å². The van der Waals surface area contributed by atoms with Gasteiger partial charge in [-0.2, -0.15) is 0 Å². The van der Waals surface area contributed by atoms with Gasteiger partial charge in [0.2, 0.25) is 0 Å². The molecule has 1 aromatic rings. The zero-order valence-electron chi connectivity index (χ0n) is 10.8. The van der Waals surface area contributed by atoms with Crippen LogP contribution in [0.1, 0.15) is 54.3 Å². The average molecular weight is 267 g/mol. The molecule has 0 aliphatic heterocycles. The van der Waals surface area contributed by atoms with Crippen molar-refractivity contribution in [2.24, 2.45) is 5.92 Å². The van der Waals surface area contributed by atoms with E-state index in [0.717, 1.165) is 17.3 Å². The number of aromatic carboxylic acids is 1. The van der Waals surface area contributed by atoms with Gasteiger partial charge in [0.1, 0.15) is 0 Å². The summed E-state index contributed by atoms with van der Waals surface area (Å²) in [6, 6.07) is 2.30. The first-order valence-electron chi connectivity index (χ1n) is 6.71. The Morgan fingerprint density at radius 3 is 2.83 bits per heavy atom. The first kappa shape index (κ1) is 13.6. The third kappa shape index (κ3) is 3.56. The van der Waals surface area contributed by atoms with Gasteiger partial charge in [0.25, 0.3) is 0 Å². The highest BCUT2D eigenvalue weighted by Gasteiger charge is 2.19. The smallest absolute Gasteiger partial charge is 0.336 e. The second-order valence-corrected chi connectivity index (χ2v) is 6.17. The lowest BCUT2D eigenvalue weighted by molar-refractivity contribution is 0.0697. The summed E-state index contributed by atoms with van der Waals surface area (Å²) in [4.78, 5) is 11.9. The zero-order valence-corrected chi connectivity index (χ0v) is 11.6. The molecule has 0 saturated heterocycles. The van der Waals surface area contributed by atoms with Crippen molar-refractivity contribution >= 4 is 17.3 Å². The maximum atomic E-state index is 10.8. The number of carboxylic acid groups (broad SMARTS) is 1. The monoisotopic (exact) mass is 267 g/mol. The summed E-state index contributed by atoms with van der Waals surface area (Å²) in [6.45, 7) is 3.04. The van der Waals surface area contributed by atoms with Gasteiger partial charge in [-0.3, -0.25) is 0 Å². The topological polar surface area (TPSA) is 49.3 Å². The normalized spacial score (nSPS) is 18.7. The molecule has 1 fully saturated rings. The standard InChI is InChI=1S/C14H21NO2S/c1-10(11-5-3-2-4-6-11)15-8-13-7-12(9-18-13)14(16)17/h7,9-11,15H,2-6,8H2,1H3,(H,16,17). The van der Waals surface area contributed by atoms with Gasteiger partial charge in [-0.05, 0) is 31.7 Å². The fourth-order valence-electron chi connectivity index (χ4n) is 2.65. The van der Waals surface area contributed by atoms with E-state index in [9.17, 15) is 4.79 Å². The van der Waals surface area contributed by atoms with Gasteiger partial charge in [0.15, 0.2) is 0 Å². The van der Waals surface area contributed by atoms with Crippen LogP contribution in [0.5, 0.6) is 0 Å². The van der Waals surface area contributed by atoms with Crippen LogP contribution < -0.4 is 5.32 Å². The van der Waals surface area contributed by atoms with Crippen molar-refractivity contribution in [3.8, 4) is 0 Å². The molecule has 1 atom stereocenters. The SMILES string of the molecule is CC(NCc1cc(C(=O)O)cs1)C1CCCCC1. The summed E-state index contributed by atoms with van der Waals surface area (Å²) < 4.78 is 0. The van der Waals surface area contributed by atoms with Crippen molar-refractivity contribution in [3.63, 3.8) is 0 Å². The third-order valence-corrected chi connectivity index (χ3v) is 4.79. The Balaban J connectivity index is 1.80. The van der Waals surface area contributed by atoms with Crippen molar-refractivity contribution in [1.29, 1.82) is 0 Å². The van der Waals surface area contributed by atoms with Crippen LogP contribution in [0.3, 0.4) is 0 Å². The van der Waals surface area contributed by atoms with Crippen molar-refractivity contribution in [1.82, 2.24) is 5.32 Å². The van der Waals surface area contributed by atoms with Crippen LogP contribution in [-0.2, 0) is 6.54 Å². The maximum Gasteiger partial charge on any atom is 0.336 e. The van der Waals surface area contributed by atoms with Gasteiger partial charge in [-0.25, -0.2) is 4.79 Å². The van der Waals surface area contributed by atoms with Gasteiger partial charge in [0, 0.05) is 22.8 Å². The van der Waals surface area contributed by atoms with Gasteiger partial charge in [-0.1, -0.05) is 19.3 Å². The lowest BCUT2D eigenvalue weighted by atomic mass is 9.84. The molecule has 0 bridgehead atoms. The maximum absolute atomic E-state index is 10.8. The van der Waals surface area contributed by atoms with Gasteiger partial charge >= 0.3 is 5.97 Å². The third-order valence-electron chi connectivity index (χ3n) is 3.86. The molecule has 3 nitrogen and oxygen atoms in total. The molecule has 1 unspecified atom stereocenters. The molecular weight excluding hydrogens is 246 g/mol. The number of thiophene rings is 1. The van der Waals surface area contributed by atoms with E-state index in [1.54, 1.807) is 11.4 Å². The number of carbonyl (C=O) groups is 1. The molecule has 1 aromatic heterocycles. The molecule has 0 radical (unpaired) electrons. The molecule has 18 heavy (non-hydrogen) atoms. The summed E-state index contributed by atoms with van der Waals surface area (Å²) in [7, 11) is 0. The van der Waals surface area contributed by atoms with E-state index >= 15 is 0 Å². The molecule has 1 heterocycles. The van der Waals surface area contributed by atoms with Crippen LogP contribution >= 0.6 is 11.3 Å². The molecule has 1 aliphatic rings. The van der Waals surface area contributed by atoms with E-state index in [1.165, 1.54) is 43.4 Å². The Morgan fingerprint density at radius 2 is 2.22 bits per heavy atom. The van der Waals surface area contributed by atoms with Crippen LogP contribution in [0.4, 0.5) is 0 Å². The van der Waals surface area contributed by atoms with Crippen molar-refractivity contribution in [2.75, 3.05) is 0 Å². The number of hydrogen-bond donors (Lipinski definition) is 2. The zero-order chi connectivity index (χ0) is 13.0. The molecule has 2 rings (SSSR count). The van der Waals surface area contributed by atoms with Gasteiger partial charge < -0.3 is 10.4 Å². The largest absolute Gasteiger partial charge is 0.478 e. The number of hydrogen-bond acceptors (Lipinski definition) is 3. The van der Waals surface area contributed by atoms with Crippen LogP contribution in [-0.4, -0.2) is 17.1 Å². The minimum atomic E-state index is -0.835. The van der Waals surface area contributed by atoms with Crippen LogP contribution in [0.15, 0.2) is 11.4 Å². The molecular formula is C14H21NO2S. The summed E-state index contributed by atoms with van der Waals surface area (Å²) in [5, 5.41) is 14.1. The van der Waals surface area contributed by atoms with E-state index in [0.29, 0.717) is 11.6 Å². The number of nitrogens with one attached hydrogen (secondary N) is 1. The van der Waals surface area contributed by atoms with E-state index in [-0.39, 0.29) is 0 Å². The molecule has 1 aliphatic carbocycles. The van der Waals surface area contributed by atoms with Gasteiger partial charge in [-0.15, -0.1) is 11.3 Å². The molecule has 2 N–H and O–H groups in total. The second kappa shape index (κ2) is 6.34. The van der Waals surface area contributed by atoms with Gasteiger partial charge in [0.05, 0.1) is 5.56 Å². The number of rotatable bonds is 5. The average Bonchev–Trinajstić information content (AvgIpc) is 2.86. The highest BCUT2D eigenvalue weighted by atomic mass is 32.1. The first-order chi connectivity index (χ1) is 8.66. The van der Waals surface area contributed by atoms with E-state index in [1.807, 2.05) is 0 Å². The lowest BCUT2D eigenvalue weighted by Crippen LogP contribution is -2.34. The predicted octanol–water partition coefficient (Wildman–Crippen LogP) is 3.50. The quantitative estimate of drug-likeness (QED) is 0.858. The Morgan fingerprint density at radius 1 is 1.50 bits per heavy atom. The van der Waals surface area contributed by atoms with Crippen molar-refractivity contribution in [3.05, 3.63) is 21.9 Å². The highest BCUT2D eigenvalue weighted by molar-refractivity contribution is 7.10. The van der Waals surface area contributed by atoms with E-state index in [2.05, 4.69) is 12.2 Å². The Hall–Kier alpha value is -0.870.